The molecule has 0 atom stereocenters. The van der Waals surface area contributed by atoms with E-state index in [9.17, 15) is 4.79 Å². The Bertz CT molecular complexity index is 822. The predicted octanol–water partition coefficient (Wildman–Crippen LogP) is 5.02. The van der Waals surface area contributed by atoms with Gasteiger partial charge in [-0.15, -0.1) is 0 Å². The molecule has 0 unspecified atom stereocenters. The van der Waals surface area contributed by atoms with E-state index in [1.165, 1.54) is 11.1 Å². The first-order valence-corrected chi connectivity index (χ1v) is 8.71. The van der Waals surface area contributed by atoms with Crippen molar-refractivity contribution >= 4 is 5.91 Å². The smallest absolute Gasteiger partial charge is 0.251 e. The lowest BCUT2D eigenvalue weighted by Crippen LogP contribution is -2.24. The summed E-state index contributed by atoms with van der Waals surface area (Å²) < 4.78 is 0. The van der Waals surface area contributed by atoms with Crippen molar-refractivity contribution in [3.05, 3.63) is 95.6 Å². The highest BCUT2D eigenvalue weighted by atomic mass is 16.1. The number of benzene rings is 3. The van der Waals surface area contributed by atoms with Gasteiger partial charge in [0.1, 0.15) is 0 Å². The molecule has 0 aliphatic rings. The van der Waals surface area contributed by atoms with Gasteiger partial charge in [-0.05, 0) is 48.6 Å². The Morgan fingerprint density at radius 1 is 0.840 bits per heavy atom. The Labute approximate surface area is 149 Å². The van der Waals surface area contributed by atoms with Gasteiger partial charge in [-0.2, -0.15) is 0 Å². The van der Waals surface area contributed by atoms with E-state index in [0.29, 0.717) is 12.1 Å². The normalized spacial score (nSPS) is 10.4. The van der Waals surface area contributed by atoms with Crippen LogP contribution in [-0.2, 0) is 6.42 Å². The third-order valence-electron chi connectivity index (χ3n) is 4.26. The summed E-state index contributed by atoms with van der Waals surface area (Å²) in [4.78, 5) is 12.2. The Kier molecular flexibility index (Phi) is 5.63. The Morgan fingerprint density at radius 3 is 2.28 bits per heavy atom. The van der Waals surface area contributed by atoms with Crippen molar-refractivity contribution in [3.63, 3.8) is 0 Å². The van der Waals surface area contributed by atoms with E-state index >= 15 is 0 Å². The molecule has 0 bridgehead atoms. The Balaban J connectivity index is 1.50. The molecule has 0 spiro atoms. The second-order valence-corrected chi connectivity index (χ2v) is 6.29. The maximum absolute atomic E-state index is 12.2. The molecule has 0 radical (unpaired) electrons. The monoisotopic (exact) mass is 329 g/mol. The highest BCUT2D eigenvalue weighted by Gasteiger charge is 2.05. The molecule has 1 amide bonds. The molecule has 1 N–H and O–H groups in total. The zero-order chi connectivity index (χ0) is 17.5. The van der Waals surface area contributed by atoms with Crippen molar-refractivity contribution in [1.29, 1.82) is 0 Å². The Hall–Kier alpha value is -2.87. The van der Waals surface area contributed by atoms with Crippen LogP contribution in [0, 0.1) is 6.92 Å². The average molecular weight is 329 g/mol. The summed E-state index contributed by atoms with van der Waals surface area (Å²) in [6.07, 6.45) is 1.92. The van der Waals surface area contributed by atoms with Gasteiger partial charge in [0.25, 0.3) is 5.91 Å². The quantitative estimate of drug-likeness (QED) is 0.632. The van der Waals surface area contributed by atoms with Gasteiger partial charge in [-0.25, -0.2) is 0 Å². The van der Waals surface area contributed by atoms with Crippen LogP contribution in [0.1, 0.15) is 27.9 Å². The first-order valence-electron chi connectivity index (χ1n) is 8.71. The minimum atomic E-state index is -0.0103. The number of rotatable bonds is 6. The van der Waals surface area contributed by atoms with Gasteiger partial charge < -0.3 is 5.32 Å². The lowest BCUT2D eigenvalue weighted by molar-refractivity contribution is 0.0953. The predicted molar refractivity (Wildman–Crippen MR) is 104 cm³/mol. The van der Waals surface area contributed by atoms with Crippen LogP contribution in [-0.4, -0.2) is 12.5 Å². The van der Waals surface area contributed by atoms with Crippen molar-refractivity contribution in [1.82, 2.24) is 5.32 Å². The van der Waals surface area contributed by atoms with Gasteiger partial charge in [0.15, 0.2) is 0 Å². The molecule has 0 aliphatic carbocycles. The minimum absolute atomic E-state index is 0.0103. The van der Waals surface area contributed by atoms with Crippen LogP contribution in [0.5, 0.6) is 0 Å². The molecule has 25 heavy (non-hydrogen) atoms. The molecule has 0 fully saturated rings. The molecule has 126 valence electrons. The summed E-state index contributed by atoms with van der Waals surface area (Å²) in [7, 11) is 0. The molecule has 3 rings (SSSR count). The number of aryl methyl sites for hydroxylation is 2. The first kappa shape index (κ1) is 17.0. The van der Waals surface area contributed by atoms with Gasteiger partial charge in [0.05, 0.1) is 0 Å². The summed E-state index contributed by atoms with van der Waals surface area (Å²) in [6, 6.07) is 26.5. The molecule has 3 aromatic carbocycles. The number of nitrogens with one attached hydrogen (secondary N) is 1. The second-order valence-electron chi connectivity index (χ2n) is 6.29. The number of hydrogen-bond donors (Lipinski definition) is 1. The fourth-order valence-corrected chi connectivity index (χ4v) is 2.91. The van der Waals surface area contributed by atoms with Crippen molar-refractivity contribution in [2.45, 2.75) is 19.8 Å². The third-order valence-corrected chi connectivity index (χ3v) is 4.26. The van der Waals surface area contributed by atoms with E-state index in [2.05, 4.69) is 48.6 Å². The second kappa shape index (κ2) is 8.29. The zero-order valence-electron chi connectivity index (χ0n) is 14.5. The van der Waals surface area contributed by atoms with Gasteiger partial charge in [0.2, 0.25) is 0 Å². The summed E-state index contributed by atoms with van der Waals surface area (Å²) in [6.45, 7) is 2.79. The highest BCUT2D eigenvalue weighted by molar-refractivity contribution is 5.94. The van der Waals surface area contributed by atoms with E-state index in [0.717, 1.165) is 24.0 Å². The van der Waals surface area contributed by atoms with E-state index in [1.807, 2.05) is 42.5 Å². The molecule has 0 aliphatic heterocycles. The minimum Gasteiger partial charge on any atom is -0.352 e. The van der Waals surface area contributed by atoms with Gasteiger partial charge in [0, 0.05) is 12.1 Å². The number of hydrogen-bond acceptors (Lipinski definition) is 1. The SMILES string of the molecule is Cc1cccc(CCCNC(=O)c2ccc(-c3ccccc3)cc2)c1. The number of amides is 1. The molecule has 0 heterocycles. The van der Waals surface area contributed by atoms with Crippen LogP contribution in [0.25, 0.3) is 11.1 Å². The molecule has 0 saturated carbocycles. The van der Waals surface area contributed by atoms with E-state index in [4.69, 9.17) is 0 Å². The molecule has 2 heteroatoms. The fraction of sp³-hybridized carbons (Fsp3) is 0.174. The first-order chi connectivity index (χ1) is 12.2. The molecule has 3 aromatic rings. The van der Waals surface area contributed by atoms with E-state index in [-0.39, 0.29) is 5.91 Å². The maximum Gasteiger partial charge on any atom is 0.251 e. The zero-order valence-corrected chi connectivity index (χ0v) is 14.5. The molecule has 0 aromatic heterocycles. The summed E-state index contributed by atoms with van der Waals surface area (Å²) in [5.41, 5.74) is 5.58. The van der Waals surface area contributed by atoms with Crippen molar-refractivity contribution in [2.75, 3.05) is 6.54 Å². The largest absolute Gasteiger partial charge is 0.352 e. The van der Waals surface area contributed by atoms with Crippen LogP contribution in [0.3, 0.4) is 0 Å². The summed E-state index contributed by atoms with van der Waals surface area (Å²) in [5.74, 6) is -0.0103. The van der Waals surface area contributed by atoms with Crippen LogP contribution >= 0.6 is 0 Å². The molecular weight excluding hydrogens is 306 g/mol. The fourth-order valence-electron chi connectivity index (χ4n) is 2.91. The van der Waals surface area contributed by atoms with Crippen LogP contribution in [0.2, 0.25) is 0 Å². The Morgan fingerprint density at radius 2 is 1.56 bits per heavy atom. The van der Waals surface area contributed by atoms with E-state index < -0.39 is 0 Å². The van der Waals surface area contributed by atoms with Gasteiger partial charge >= 0.3 is 0 Å². The highest BCUT2D eigenvalue weighted by Crippen LogP contribution is 2.19. The third kappa shape index (κ3) is 4.80. The molecule has 2 nitrogen and oxygen atoms in total. The topological polar surface area (TPSA) is 29.1 Å². The lowest BCUT2D eigenvalue weighted by atomic mass is 10.0. The molecule has 0 saturated heterocycles. The number of carbonyl (C=O) groups is 1. The molecular formula is C23H23NO. The lowest BCUT2D eigenvalue weighted by Gasteiger charge is -2.07. The van der Waals surface area contributed by atoms with Crippen LogP contribution in [0.15, 0.2) is 78.9 Å². The van der Waals surface area contributed by atoms with Crippen molar-refractivity contribution in [3.8, 4) is 11.1 Å². The standard InChI is InChI=1S/C23H23NO/c1-18-7-5-8-19(17-18)9-6-16-24-23(25)22-14-12-21(13-15-22)20-10-3-2-4-11-20/h2-5,7-8,10-15,17H,6,9,16H2,1H3,(H,24,25). The summed E-state index contributed by atoms with van der Waals surface area (Å²) in [5, 5.41) is 3.00. The maximum atomic E-state index is 12.2. The summed E-state index contributed by atoms with van der Waals surface area (Å²) >= 11 is 0. The van der Waals surface area contributed by atoms with Crippen molar-refractivity contribution < 1.29 is 4.79 Å². The van der Waals surface area contributed by atoms with Gasteiger partial charge in [-0.3, -0.25) is 4.79 Å². The number of carbonyl (C=O) groups excluding carboxylic acids is 1. The average Bonchev–Trinajstić information content (AvgIpc) is 2.66. The van der Waals surface area contributed by atoms with Crippen LogP contribution in [0.4, 0.5) is 0 Å². The van der Waals surface area contributed by atoms with Gasteiger partial charge in [-0.1, -0.05) is 72.3 Å². The van der Waals surface area contributed by atoms with Crippen molar-refractivity contribution in [2.24, 2.45) is 0 Å². The van der Waals surface area contributed by atoms with E-state index in [1.54, 1.807) is 0 Å². The van der Waals surface area contributed by atoms with Crippen LogP contribution < -0.4 is 5.32 Å².